The standard InChI is InChI=1S/C11H16N6O/c1-12-11(13-6-9-4-3-5-18-9)14-7-10-15-8-16-17(10)2/h3-5,8H,6-7H2,1-2H3,(H2,12,13,14). The zero-order chi connectivity index (χ0) is 12.8. The number of guanidine groups is 1. The summed E-state index contributed by atoms with van der Waals surface area (Å²) in [5.74, 6) is 2.39. The zero-order valence-electron chi connectivity index (χ0n) is 10.4. The number of aromatic nitrogens is 3. The molecule has 0 aliphatic heterocycles. The van der Waals surface area contributed by atoms with Crippen molar-refractivity contribution >= 4 is 5.96 Å². The lowest BCUT2D eigenvalue weighted by molar-refractivity contribution is 0.501. The second-order valence-corrected chi connectivity index (χ2v) is 3.66. The summed E-state index contributed by atoms with van der Waals surface area (Å²) in [5.41, 5.74) is 0. The summed E-state index contributed by atoms with van der Waals surface area (Å²) < 4.78 is 6.94. The predicted octanol–water partition coefficient (Wildman–Crippen LogP) is 0.273. The first-order valence-electron chi connectivity index (χ1n) is 5.59. The quantitative estimate of drug-likeness (QED) is 0.600. The fraction of sp³-hybridized carbons (Fsp3) is 0.364. The minimum atomic E-state index is 0.564. The molecule has 0 unspecified atom stereocenters. The van der Waals surface area contributed by atoms with Crippen LogP contribution in [0.2, 0.25) is 0 Å². The van der Waals surface area contributed by atoms with Gasteiger partial charge in [-0.1, -0.05) is 0 Å². The molecule has 18 heavy (non-hydrogen) atoms. The van der Waals surface area contributed by atoms with Crippen LogP contribution in [0.4, 0.5) is 0 Å². The van der Waals surface area contributed by atoms with Gasteiger partial charge in [-0.2, -0.15) is 5.10 Å². The molecule has 0 fully saturated rings. The topological polar surface area (TPSA) is 80.3 Å². The average molecular weight is 248 g/mol. The molecule has 0 saturated carbocycles. The lowest BCUT2D eigenvalue weighted by atomic mass is 10.4. The van der Waals surface area contributed by atoms with E-state index in [1.54, 1.807) is 18.0 Å². The summed E-state index contributed by atoms with van der Waals surface area (Å²) in [5, 5.41) is 10.3. The minimum Gasteiger partial charge on any atom is -0.467 e. The van der Waals surface area contributed by atoms with E-state index in [0.717, 1.165) is 11.6 Å². The van der Waals surface area contributed by atoms with E-state index in [4.69, 9.17) is 4.42 Å². The van der Waals surface area contributed by atoms with Gasteiger partial charge in [-0.25, -0.2) is 4.98 Å². The molecule has 0 aliphatic rings. The summed E-state index contributed by atoms with van der Waals surface area (Å²) in [6.45, 7) is 1.15. The van der Waals surface area contributed by atoms with Crippen LogP contribution >= 0.6 is 0 Å². The van der Waals surface area contributed by atoms with Gasteiger partial charge in [0.05, 0.1) is 19.4 Å². The molecule has 0 spiro atoms. The SMILES string of the molecule is CN=C(NCc1ccco1)NCc1ncnn1C. The fourth-order valence-corrected chi connectivity index (χ4v) is 1.45. The summed E-state index contributed by atoms with van der Waals surface area (Å²) >= 11 is 0. The van der Waals surface area contributed by atoms with E-state index in [2.05, 4.69) is 25.7 Å². The van der Waals surface area contributed by atoms with Gasteiger partial charge < -0.3 is 15.1 Å². The largest absolute Gasteiger partial charge is 0.467 e. The Morgan fingerprint density at radius 2 is 2.28 bits per heavy atom. The van der Waals surface area contributed by atoms with Gasteiger partial charge in [-0.3, -0.25) is 9.67 Å². The Bertz CT molecular complexity index is 501. The molecule has 2 aromatic rings. The number of hydrogen-bond acceptors (Lipinski definition) is 4. The van der Waals surface area contributed by atoms with Crippen LogP contribution in [0.1, 0.15) is 11.6 Å². The number of furan rings is 1. The molecule has 2 rings (SSSR count). The number of nitrogens with zero attached hydrogens (tertiary/aromatic N) is 4. The molecule has 2 heterocycles. The maximum absolute atomic E-state index is 5.23. The first kappa shape index (κ1) is 12.2. The van der Waals surface area contributed by atoms with Gasteiger partial charge in [-0.15, -0.1) is 0 Å². The highest BCUT2D eigenvalue weighted by Gasteiger charge is 2.03. The zero-order valence-corrected chi connectivity index (χ0v) is 10.4. The van der Waals surface area contributed by atoms with E-state index >= 15 is 0 Å². The molecule has 2 aromatic heterocycles. The van der Waals surface area contributed by atoms with Crippen molar-refractivity contribution in [3.8, 4) is 0 Å². The van der Waals surface area contributed by atoms with Gasteiger partial charge in [0.2, 0.25) is 0 Å². The number of hydrogen-bond donors (Lipinski definition) is 2. The molecule has 7 nitrogen and oxygen atoms in total. The van der Waals surface area contributed by atoms with Crippen molar-refractivity contribution in [1.82, 2.24) is 25.4 Å². The molecular weight excluding hydrogens is 232 g/mol. The Balaban J connectivity index is 1.81. The highest BCUT2D eigenvalue weighted by atomic mass is 16.3. The third-order valence-corrected chi connectivity index (χ3v) is 2.45. The van der Waals surface area contributed by atoms with Crippen LogP contribution in [-0.2, 0) is 20.1 Å². The smallest absolute Gasteiger partial charge is 0.191 e. The van der Waals surface area contributed by atoms with Crippen LogP contribution in [0.25, 0.3) is 0 Å². The van der Waals surface area contributed by atoms with E-state index in [-0.39, 0.29) is 0 Å². The molecule has 0 amide bonds. The number of aliphatic imine (C=N–C) groups is 1. The molecule has 0 saturated heterocycles. The van der Waals surface area contributed by atoms with Crippen molar-refractivity contribution in [1.29, 1.82) is 0 Å². The lowest BCUT2D eigenvalue weighted by Crippen LogP contribution is -2.36. The van der Waals surface area contributed by atoms with Gasteiger partial charge in [-0.05, 0) is 12.1 Å². The van der Waals surface area contributed by atoms with Crippen LogP contribution in [-0.4, -0.2) is 27.8 Å². The van der Waals surface area contributed by atoms with Gasteiger partial charge in [0.1, 0.15) is 17.9 Å². The van der Waals surface area contributed by atoms with E-state index in [9.17, 15) is 0 Å². The van der Waals surface area contributed by atoms with E-state index < -0.39 is 0 Å². The Kier molecular flexibility index (Phi) is 3.95. The van der Waals surface area contributed by atoms with Crippen molar-refractivity contribution in [3.05, 3.63) is 36.3 Å². The van der Waals surface area contributed by atoms with Crippen LogP contribution in [0.3, 0.4) is 0 Å². The van der Waals surface area contributed by atoms with Crippen LogP contribution in [0, 0.1) is 0 Å². The molecule has 0 radical (unpaired) electrons. The van der Waals surface area contributed by atoms with E-state index in [1.807, 2.05) is 19.2 Å². The van der Waals surface area contributed by atoms with Crippen LogP contribution in [0.15, 0.2) is 34.1 Å². The number of aryl methyl sites for hydroxylation is 1. The number of rotatable bonds is 4. The molecule has 0 aromatic carbocycles. The third kappa shape index (κ3) is 3.09. The lowest BCUT2D eigenvalue weighted by Gasteiger charge is -2.10. The molecular formula is C11H16N6O. The molecule has 2 N–H and O–H groups in total. The first-order valence-corrected chi connectivity index (χ1v) is 5.59. The molecule has 7 heteroatoms. The van der Waals surface area contributed by atoms with Crippen molar-refractivity contribution in [2.75, 3.05) is 7.05 Å². The maximum Gasteiger partial charge on any atom is 0.191 e. The average Bonchev–Trinajstić information content (AvgIpc) is 3.01. The Labute approximate surface area is 105 Å². The fourth-order valence-electron chi connectivity index (χ4n) is 1.45. The highest BCUT2D eigenvalue weighted by Crippen LogP contribution is 1.98. The minimum absolute atomic E-state index is 0.564. The van der Waals surface area contributed by atoms with Crippen molar-refractivity contribution in [2.24, 2.45) is 12.0 Å². The van der Waals surface area contributed by atoms with Gasteiger partial charge in [0.15, 0.2) is 5.96 Å². The summed E-state index contributed by atoms with van der Waals surface area (Å²) in [4.78, 5) is 8.23. The predicted molar refractivity (Wildman–Crippen MR) is 66.7 cm³/mol. The van der Waals surface area contributed by atoms with Crippen LogP contribution in [0.5, 0.6) is 0 Å². The molecule has 0 atom stereocenters. The summed E-state index contributed by atoms with van der Waals surface area (Å²) in [6, 6.07) is 3.76. The second kappa shape index (κ2) is 5.85. The summed E-state index contributed by atoms with van der Waals surface area (Å²) in [6.07, 6.45) is 3.17. The van der Waals surface area contributed by atoms with Gasteiger partial charge in [0, 0.05) is 14.1 Å². The highest BCUT2D eigenvalue weighted by molar-refractivity contribution is 5.79. The summed E-state index contributed by atoms with van der Waals surface area (Å²) in [7, 11) is 3.57. The molecule has 96 valence electrons. The first-order chi connectivity index (χ1) is 8.79. The Morgan fingerprint density at radius 1 is 1.44 bits per heavy atom. The third-order valence-electron chi connectivity index (χ3n) is 2.45. The van der Waals surface area contributed by atoms with Crippen molar-refractivity contribution in [2.45, 2.75) is 13.1 Å². The van der Waals surface area contributed by atoms with E-state index in [1.165, 1.54) is 6.33 Å². The van der Waals surface area contributed by atoms with Gasteiger partial charge in [0.25, 0.3) is 0 Å². The van der Waals surface area contributed by atoms with E-state index in [0.29, 0.717) is 19.0 Å². The second-order valence-electron chi connectivity index (χ2n) is 3.66. The van der Waals surface area contributed by atoms with Crippen LogP contribution < -0.4 is 10.6 Å². The number of nitrogens with one attached hydrogen (secondary N) is 2. The van der Waals surface area contributed by atoms with Crippen molar-refractivity contribution in [3.63, 3.8) is 0 Å². The molecule has 0 bridgehead atoms. The monoisotopic (exact) mass is 248 g/mol. The normalized spacial score (nSPS) is 11.6. The maximum atomic E-state index is 5.23. The van der Waals surface area contributed by atoms with Gasteiger partial charge >= 0.3 is 0 Å². The molecule has 0 aliphatic carbocycles. The Morgan fingerprint density at radius 3 is 2.89 bits per heavy atom. The van der Waals surface area contributed by atoms with Crippen molar-refractivity contribution < 1.29 is 4.42 Å². The Hall–Kier alpha value is -2.31.